The summed E-state index contributed by atoms with van der Waals surface area (Å²) in [7, 11) is 1.80. The summed E-state index contributed by atoms with van der Waals surface area (Å²) in [5.41, 5.74) is 4.79. The van der Waals surface area contributed by atoms with E-state index < -0.39 is 0 Å². The van der Waals surface area contributed by atoms with Gasteiger partial charge in [-0.1, -0.05) is 36.4 Å². The number of guanidine groups is 1. The number of benzene rings is 2. The Morgan fingerprint density at radius 3 is 2.69 bits per heavy atom. The second kappa shape index (κ2) is 12.1. The molecule has 0 spiro atoms. The lowest BCUT2D eigenvalue weighted by Gasteiger charge is -2.19. The fraction of sp³-hybridized carbons (Fsp3) is 0.400. The molecule has 32 heavy (non-hydrogen) atoms. The molecule has 4 rings (SSSR count). The van der Waals surface area contributed by atoms with E-state index in [1.54, 1.807) is 7.05 Å². The minimum absolute atomic E-state index is 0. The molecule has 0 aromatic heterocycles. The number of nitrogens with zero attached hydrogens (tertiary/aromatic N) is 2. The van der Waals surface area contributed by atoms with Crippen molar-refractivity contribution in [2.45, 2.75) is 32.5 Å². The maximum Gasteiger partial charge on any atom is 0.191 e. The highest BCUT2D eigenvalue weighted by Gasteiger charge is 2.19. The van der Waals surface area contributed by atoms with Crippen LogP contribution in [0.2, 0.25) is 0 Å². The zero-order valence-corrected chi connectivity index (χ0v) is 21.2. The third-order valence-corrected chi connectivity index (χ3v) is 5.63. The lowest BCUT2D eigenvalue weighted by Crippen LogP contribution is -2.36. The van der Waals surface area contributed by atoms with Crippen molar-refractivity contribution < 1.29 is 9.47 Å². The first-order valence-electron chi connectivity index (χ1n) is 11.0. The molecule has 2 aromatic carbocycles. The number of aliphatic imine (C=N–C) groups is 1. The Labute approximate surface area is 208 Å². The Bertz CT molecular complexity index is 933. The van der Waals surface area contributed by atoms with Gasteiger partial charge in [0.15, 0.2) is 5.96 Å². The van der Waals surface area contributed by atoms with Crippen molar-refractivity contribution in [2.75, 3.05) is 38.3 Å². The first-order valence-corrected chi connectivity index (χ1v) is 11.0. The van der Waals surface area contributed by atoms with Crippen LogP contribution in [0.3, 0.4) is 0 Å². The van der Waals surface area contributed by atoms with Crippen molar-refractivity contribution >= 4 is 35.6 Å². The molecule has 0 radical (unpaired) electrons. The standard InChI is InChI=1S/C25H32N4O2.HI/c1-19-8-9-21(24(14-19)31-23-10-13-30-18-23)17-28-25(26-2)27-16-20-6-5-7-22(15-20)29-11-3-4-12-29;/h3-9,14-15,23H,10-13,16-18H2,1-2H3,(H2,26,27,28);1H. The van der Waals surface area contributed by atoms with Gasteiger partial charge in [-0.05, 0) is 36.2 Å². The molecule has 1 saturated heterocycles. The van der Waals surface area contributed by atoms with Gasteiger partial charge in [-0.25, -0.2) is 0 Å². The summed E-state index contributed by atoms with van der Waals surface area (Å²) < 4.78 is 11.7. The summed E-state index contributed by atoms with van der Waals surface area (Å²) in [6.45, 7) is 6.84. The van der Waals surface area contributed by atoms with Gasteiger partial charge in [0.25, 0.3) is 0 Å². The van der Waals surface area contributed by atoms with Crippen LogP contribution in [-0.2, 0) is 17.8 Å². The predicted molar refractivity (Wildman–Crippen MR) is 141 cm³/mol. The first-order chi connectivity index (χ1) is 15.2. The molecule has 1 atom stereocenters. The molecule has 0 saturated carbocycles. The van der Waals surface area contributed by atoms with Crippen LogP contribution in [0.4, 0.5) is 5.69 Å². The van der Waals surface area contributed by atoms with E-state index in [9.17, 15) is 0 Å². The average molecular weight is 548 g/mol. The number of rotatable bonds is 7. The van der Waals surface area contributed by atoms with Crippen LogP contribution in [0, 0.1) is 6.92 Å². The minimum atomic E-state index is 0. The topological polar surface area (TPSA) is 58.1 Å². The smallest absolute Gasteiger partial charge is 0.191 e. The van der Waals surface area contributed by atoms with Gasteiger partial charge in [0.1, 0.15) is 11.9 Å². The monoisotopic (exact) mass is 548 g/mol. The van der Waals surface area contributed by atoms with Gasteiger partial charge in [0.2, 0.25) is 0 Å². The van der Waals surface area contributed by atoms with E-state index in [0.29, 0.717) is 19.7 Å². The van der Waals surface area contributed by atoms with Crippen LogP contribution in [0.15, 0.2) is 59.6 Å². The van der Waals surface area contributed by atoms with Crippen LogP contribution < -0.4 is 20.3 Å². The first kappa shape index (κ1) is 24.4. The molecule has 0 bridgehead atoms. The highest BCUT2D eigenvalue weighted by Crippen LogP contribution is 2.24. The molecule has 172 valence electrons. The van der Waals surface area contributed by atoms with Crippen molar-refractivity contribution in [3.8, 4) is 5.75 Å². The van der Waals surface area contributed by atoms with E-state index >= 15 is 0 Å². The lowest BCUT2D eigenvalue weighted by atomic mass is 10.1. The van der Waals surface area contributed by atoms with Crippen molar-refractivity contribution in [1.29, 1.82) is 0 Å². The number of ether oxygens (including phenoxy) is 2. The minimum Gasteiger partial charge on any atom is -0.488 e. The predicted octanol–water partition coefficient (Wildman–Crippen LogP) is 4.02. The van der Waals surface area contributed by atoms with Gasteiger partial charge in [-0.3, -0.25) is 4.99 Å². The SMILES string of the molecule is CN=C(NCc1cccc(N2CC=CC2)c1)NCc1ccc(C)cc1OC1CCOC1.I. The maximum absolute atomic E-state index is 6.21. The molecule has 6 nitrogen and oxygen atoms in total. The molecule has 2 aliphatic rings. The number of hydrogen-bond acceptors (Lipinski definition) is 4. The summed E-state index contributed by atoms with van der Waals surface area (Å²) in [6.07, 6.45) is 5.49. The summed E-state index contributed by atoms with van der Waals surface area (Å²) in [5.74, 6) is 1.69. The molecule has 2 heterocycles. The third-order valence-electron chi connectivity index (χ3n) is 5.63. The average Bonchev–Trinajstić information content (AvgIpc) is 3.50. The molecule has 7 heteroatoms. The van der Waals surface area contributed by atoms with E-state index in [1.165, 1.54) is 16.8 Å². The molecule has 0 amide bonds. The number of anilines is 1. The van der Waals surface area contributed by atoms with Crippen LogP contribution in [0.1, 0.15) is 23.1 Å². The van der Waals surface area contributed by atoms with Crippen LogP contribution >= 0.6 is 24.0 Å². The molecule has 1 fully saturated rings. The van der Waals surface area contributed by atoms with Crippen molar-refractivity contribution in [3.05, 3.63) is 71.3 Å². The zero-order chi connectivity index (χ0) is 21.5. The third kappa shape index (κ3) is 6.62. The van der Waals surface area contributed by atoms with Gasteiger partial charge >= 0.3 is 0 Å². The van der Waals surface area contributed by atoms with E-state index in [1.807, 2.05) is 0 Å². The normalized spacial score (nSPS) is 17.9. The number of aryl methyl sites for hydroxylation is 1. The van der Waals surface area contributed by atoms with Crippen molar-refractivity contribution in [3.63, 3.8) is 0 Å². The molecular weight excluding hydrogens is 515 g/mol. The second-order valence-electron chi connectivity index (χ2n) is 8.04. The number of hydrogen-bond donors (Lipinski definition) is 2. The van der Waals surface area contributed by atoms with E-state index in [-0.39, 0.29) is 30.1 Å². The molecule has 2 N–H and O–H groups in total. The number of nitrogens with one attached hydrogen (secondary N) is 2. The quantitative estimate of drug-likeness (QED) is 0.237. The Morgan fingerprint density at radius 2 is 1.94 bits per heavy atom. The van der Waals surface area contributed by atoms with Gasteiger partial charge < -0.3 is 25.0 Å². The van der Waals surface area contributed by atoms with Gasteiger partial charge in [-0.2, -0.15) is 0 Å². The lowest BCUT2D eigenvalue weighted by molar-refractivity contribution is 0.140. The van der Waals surface area contributed by atoms with Gasteiger partial charge in [0.05, 0.1) is 13.2 Å². The fourth-order valence-electron chi connectivity index (χ4n) is 3.84. The molecule has 2 aromatic rings. The Hall–Kier alpha value is -2.26. The largest absolute Gasteiger partial charge is 0.488 e. The number of halogens is 1. The van der Waals surface area contributed by atoms with Crippen LogP contribution in [0.5, 0.6) is 5.75 Å². The zero-order valence-electron chi connectivity index (χ0n) is 18.8. The van der Waals surface area contributed by atoms with E-state index in [0.717, 1.165) is 43.4 Å². The van der Waals surface area contributed by atoms with E-state index in [2.05, 4.69) is 82.1 Å². The highest BCUT2D eigenvalue weighted by molar-refractivity contribution is 14.0. The van der Waals surface area contributed by atoms with Crippen molar-refractivity contribution in [2.24, 2.45) is 4.99 Å². The fourth-order valence-corrected chi connectivity index (χ4v) is 3.84. The van der Waals surface area contributed by atoms with Crippen molar-refractivity contribution in [1.82, 2.24) is 10.6 Å². The Balaban J connectivity index is 0.00000289. The Kier molecular flexibility index (Phi) is 9.23. The van der Waals surface area contributed by atoms with Crippen LogP contribution in [0.25, 0.3) is 0 Å². The summed E-state index contributed by atoms with van der Waals surface area (Å²) in [6, 6.07) is 15.0. The van der Waals surface area contributed by atoms with Crippen LogP contribution in [-0.4, -0.2) is 45.4 Å². The summed E-state index contributed by atoms with van der Waals surface area (Å²) in [4.78, 5) is 6.73. The molecule has 1 unspecified atom stereocenters. The second-order valence-corrected chi connectivity index (χ2v) is 8.04. The summed E-state index contributed by atoms with van der Waals surface area (Å²) in [5, 5.41) is 6.84. The Morgan fingerprint density at radius 1 is 1.12 bits per heavy atom. The van der Waals surface area contributed by atoms with Gasteiger partial charge in [-0.15, -0.1) is 24.0 Å². The molecular formula is C25H33IN4O2. The maximum atomic E-state index is 6.21. The highest BCUT2D eigenvalue weighted by atomic mass is 127. The van der Waals surface area contributed by atoms with E-state index in [4.69, 9.17) is 9.47 Å². The van der Waals surface area contributed by atoms with Gasteiger partial charge in [0, 0.05) is 50.9 Å². The summed E-state index contributed by atoms with van der Waals surface area (Å²) >= 11 is 0. The molecule has 2 aliphatic heterocycles. The molecule has 0 aliphatic carbocycles.